The van der Waals surface area contributed by atoms with Gasteiger partial charge < -0.3 is 10.2 Å². The first-order chi connectivity index (χ1) is 8.83. The molecule has 0 saturated carbocycles. The fourth-order valence-electron chi connectivity index (χ4n) is 2.40. The second kappa shape index (κ2) is 6.36. The van der Waals surface area contributed by atoms with E-state index >= 15 is 0 Å². The van der Waals surface area contributed by atoms with Crippen LogP contribution in [0.1, 0.15) is 25.5 Å². The molecule has 1 aromatic rings. The van der Waals surface area contributed by atoms with E-state index in [1.54, 1.807) is 6.20 Å². The van der Waals surface area contributed by atoms with Crippen LogP contribution < -0.4 is 5.32 Å². The number of aromatic nitrogens is 1. The average molecular weight is 244 g/mol. The van der Waals surface area contributed by atoms with Crippen LogP contribution in [-0.4, -0.2) is 36.1 Å². The molecule has 0 amide bonds. The van der Waals surface area contributed by atoms with Crippen LogP contribution in [0.4, 0.5) is 5.69 Å². The highest BCUT2D eigenvalue weighted by atomic mass is 15.1. The predicted molar refractivity (Wildman–Crippen MR) is 72.3 cm³/mol. The first-order valence-corrected chi connectivity index (χ1v) is 6.64. The van der Waals surface area contributed by atoms with E-state index in [1.165, 1.54) is 25.9 Å². The standard InChI is InChI=1S/C14H20N4/c1-2-18-8-5-12(6-9-18)11-17-13-4-3-7-16-14(13)10-15/h3-4,7,12,17H,2,5-6,8-9,11H2,1H3. The Morgan fingerprint density at radius 2 is 2.28 bits per heavy atom. The lowest BCUT2D eigenvalue weighted by molar-refractivity contribution is 0.198. The summed E-state index contributed by atoms with van der Waals surface area (Å²) in [7, 11) is 0. The van der Waals surface area contributed by atoms with Crippen LogP contribution in [0.15, 0.2) is 18.3 Å². The van der Waals surface area contributed by atoms with E-state index in [-0.39, 0.29) is 0 Å². The number of hydrogen-bond acceptors (Lipinski definition) is 4. The summed E-state index contributed by atoms with van der Waals surface area (Å²) in [5, 5.41) is 12.3. The number of nitriles is 1. The van der Waals surface area contributed by atoms with Crippen molar-refractivity contribution in [3.8, 4) is 6.07 Å². The van der Waals surface area contributed by atoms with Crippen molar-refractivity contribution in [2.75, 3.05) is 31.5 Å². The molecule has 0 unspecified atom stereocenters. The summed E-state index contributed by atoms with van der Waals surface area (Å²) in [6.45, 7) is 6.70. The van der Waals surface area contributed by atoms with Gasteiger partial charge in [-0.25, -0.2) is 4.98 Å². The van der Waals surface area contributed by atoms with Crippen molar-refractivity contribution >= 4 is 5.69 Å². The average Bonchev–Trinajstić information content (AvgIpc) is 2.46. The molecule has 0 aliphatic carbocycles. The number of nitrogens with one attached hydrogen (secondary N) is 1. The van der Waals surface area contributed by atoms with Crippen molar-refractivity contribution in [1.82, 2.24) is 9.88 Å². The highest BCUT2D eigenvalue weighted by Gasteiger charge is 2.17. The zero-order valence-electron chi connectivity index (χ0n) is 10.9. The lowest BCUT2D eigenvalue weighted by Gasteiger charge is -2.31. The molecule has 18 heavy (non-hydrogen) atoms. The molecule has 1 aromatic heterocycles. The molecule has 0 spiro atoms. The van der Waals surface area contributed by atoms with Gasteiger partial charge in [0.05, 0.1) is 5.69 Å². The molecule has 0 aromatic carbocycles. The van der Waals surface area contributed by atoms with Gasteiger partial charge in [-0.05, 0) is 50.5 Å². The summed E-state index contributed by atoms with van der Waals surface area (Å²) >= 11 is 0. The van der Waals surface area contributed by atoms with Crippen LogP contribution in [0.25, 0.3) is 0 Å². The molecular weight excluding hydrogens is 224 g/mol. The Hall–Kier alpha value is -1.60. The smallest absolute Gasteiger partial charge is 0.163 e. The highest BCUT2D eigenvalue weighted by Crippen LogP contribution is 2.18. The fraction of sp³-hybridized carbons (Fsp3) is 0.571. The maximum atomic E-state index is 8.96. The number of likely N-dealkylation sites (tertiary alicyclic amines) is 1. The molecule has 1 saturated heterocycles. The predicted octanol–water partition coefficient (Wildman–Crippen LogP) is 2.10. The van der Waals surface area contributed by atoms with Gasteiger partial charge in [-0.15, -0.1) is 0 Å². The molecule has 0 atom stereocenters. The molecule has 4 heteroatoms. The second-order valence-corrected chi connectivity index (χ2v) is 4.77. The van der Waals surface area contributed by atoms with Crippen molar-refractivity contribution in [3.63, 3.8) is 0 Å². The Balaban J connectivity index is 1.84. The Morgan fingerprint density at radius 1 is 1.50 bits per heavy atom. The molecular formula is C14H20N4. The summed E-state index contributed by atoms with van der Waals surface area (Å²) in [6, 6.07) is 5.90. The van der Waals surface area contributed by atoms with Gasteiger partial charge in [0.2, 0.25) is 0 Å². The minimum atomic E-state index is 0.489. The Bertz CT molecular complexity index is 416. The number of pyridine rings is 1. The van der Waals surface area contributed by atoms with Crippen LogP contribution in [-0.2, 0) is 0 Å². The third-order valence-electron chi connectivity index (χ3n) is 3.65. The van der Waals surface area contributed by atoms with E-state index in [9.17, 15) is 0 Å². The van der Waals surface area contributed by atoms with Crippen molar-refractivity contribution in [2.45, 2.75) is 19.8 Å². The molecule has 1 aliphatic heterocycles. The van der Waals surface area contributed by atoms with Gasteiger partial charge in [0.15, 0.2) is 5.69 Å². The molecule has 1 N–H and O–H groups in total. The van der Waals surface area contributed by atoms with Crippen molar-refractivity contribution < 1.29 is 0 Å². The minimum Gasteiger partial charge on any atom is -0.382 e. The summed E-state index contributed by atoms with van der Waals surface area (Å²) in [5.41, 5.74) is 1.35. The maximum absolute atomic E-state index is 8.96. The van der Waals surface area contributed by atoms with E-state index in [4.69, 9.17) is 5.26 Å². The topological polar surface area (TPSA) is 52.0 Å². The van der Waals surface area contributed by atoms with Gasteiger partial charge in [-0.1, -0.05) is 6.92 Å². The van der Waals surface area contributed by atoms with E-state index in [0.29, 0.717) is 11.6 Å². The Morgan fingerprint density at radius 3 is 2.94 bits per heavy atom. The van der Waals surface area contributed by atoms with Crippen LogP contribution in [0.5, 0.6) is 0 Å². The molecule has 0 bridgehead atoms. The summed E-state index contributed by atoms with van der Waals surface area (Å²) in [4.78, 5) is 6.54. The van der Waals surface area contributed by atoms with Crippen molar-refractivity contribution in [2.24, 2.45) is 5.92 Å². The third kappa shape index (κ3) is 3.21. The molecule has 1 aliphatic rings. The van der Waals surface area contributed by atoms with Crippen LogP contribution in [0.3, 0.4) is 0 Å². The molecule has 2 rings (SSSR count). The number of piperidine rings is 1. The van der Waals surface area contributed by atoms with Gasteiger partial charge in [0, 0.05) is 12.7 Å². The second-order valence-electron chi connectivity index (χ2n) is 4.77. The van der Waals surface area contributed by atoms with Crippen LogP contribution >= 0.6 is 0 Å². The lowest BCUT2D eigenvalue weighted by atomic mass is 9.97. The number of hydrogen-bond donors (Lipinski definition) is 1. The van der Waals surface area contributed by atoms with Crippen LogP contribution in [0.2, 0.25) is 0 Å². The molecule has 2 heterocycles. The third-order valence-corrected chi connectivity index (χ3v) is 3.65. The van der Waals surface area contributed by atoms with Gasteiger partial charge in [0.1, 0.15) is 6.07 Å². The maximum Gasteiger partial charge on any atom is 0.163 e. The summed E-state index contributed by atoms with van der Waals surface area (Å²) in [6.07, 6.45) is 4.13. The normalized spacial score (nSPS) is 17.3. The van der Waals surface area contributed by atoms with E-state index < -0.39 is 0 Å². The molecule has 1 fully saturated rings. The largest absolute Gasteiger partial charge is 0.382 e. The first-order valence-electron chi connectivity index (χ1n) is 6.64. The van der Waals surface area contributed by atoms with Crippen molar-refractivity contribution in [3.05, 3.63) is 24.0 Å². The first kappa shape index (κ1) is 12.8. The minimum absolute atomic E-state index is 0.489. The SMILES string of the molecule is CCN1CCC(CNc2cccnc2C#N)CC1. The summed E-state index contributed by atoms with van der Waals surface area (Å²) < 4.78 is 0. The van der Waals surface area contributed by atoms with Gasteiger partial charge in [-0.3, -0.25) is 0 Å². The molecule has 96 valence electrons. The Labute approximate surface area is 109 Å². The molecule has 0 radical (unpaired) electrons. The highest BCUT2D eigenvalue weighted by molar-refractivity contribution is 5.53. The lowest BCUT2D eigenvalue weighted by Crippen LogP contribution is -2.35. The fourth-order valence-corrected chi connectivity index (χ4v) is 2.40. The monoisotopic (exact) mass is 244 g/mol. The van der Waals surface area contributed by atoms with E-state index in [2.05, 4.69) is 28.2 Å². The van der Waals surface area contributed by atoms with Gasteiger partial charge in [-0.2, -0.15) is 5.26 Å². The van der Waals surface area contributed by atoms with Gasteiger partial charge in [0.25, 0.3) is 0 Å². The summed E-state index contributed by atoms with van der Waals surface area (Å²) in [5.74, 6) is 0.708. The Kier molecular flexibility index (Phi) is 4.54. The zero-order chi connectivity index (χ0) is 12.8. The number of nitrogens with zero attached hydrogens (tertiary/aromatic N) is 3. The van der Waals surface area contributed by atoms with Crippen LogP contribution in [0, 0.1) is 17.2 Å². The van der Waals surface area contributed by atoms with E-state index in [0.717, 1.165) is 18.8 Å². The zero-order valence-corrected chi connectivity index (χ0v) is 10.9. The van der Waals surface area contributed by atoms with Gasteiger partial charge >= 0.3 is 0 Å². The van der Waals surface area contributed by atoms with E-state index in [1.807, 2.05) is 12.1 Å². The number of anilines is 1. The molecule has 4 nitrogen and oxygen atoms in total. The quantitative estimate of drug-likeness (QED) is 0.881. The number of rotatable bonds is 4. The van der Waals surface area contributed by atoms with Crippen molar-refractivity contribution in [1.29, 1.82) is 5.26 Å².